The van der Waals surface area contributed by atoms with Crippen molar-refractivity contribution in [2.75, 3.05) is 6.61 Å². The normalized spacial score (nSPS) is 17.3. The molecule has 126 valence electrons. The van der Waals surface area contributed by atoms with E-state index in [1.54, 1.807) is 11.8 Å². The maximum atomic E-state index is 12.2. The maximum absolute atomic E-state index is 12.2. The van der Waals surface area contributed by atoms with Crippen LogP contribution in [-0.2, 0) is 9.53 Å². The van der Waals surface area contributed by atoms with E-state index >= 15 is 0 Å². The highest BCUT2D eigenvalue weighted by atomic mass is 32.2. The molecule has 0 N–H and O–H groups in total. The van der Waals surface area contributed by atoms with E-state index in [0.29, 0.717) is 6.61 Å². The summed E-state index contributed by atoms with van der Waals surface area (Å²) in [6, 6.07) is 10.1. The quantitative estimate of drug-likeness (QED) is 0.351. The van der Waals surface area contributed by atoms with E-state index in [1.807, 2.05) is 37.3 Å². The highest BCUT2D eigenvalue weighted by molar-refractivity contribution is 8.00. The van der Waals surface area contributed by atoms with Crippen molar-refractivity contribution in [3.8, 4) is 0 Å². The molecule has 3 heteroatoms. The molecular formula is C20H28O2S. The Kier molecular flexibility index (Phi) is 8.30. The molecule has 0 radical (unpaired) electrons. The summed E-state index contributed by atoms with van der Waals surface area (Å²) in [5, 5.41) is -0.153. The summed E-state index contributed by atoms with van der Waals surface area (Å²) in [5.74, 6) is 0.742. The topological polar surface area (TPSA) is 26.3 Å². The van der Waals surface area contributed by atoms with Crippen molar-refractivity contribution in [2.24, 2.45) is 5.92 Å². The molecule has 2 nitrogen and oxygen atoms in total. The Hall–Kier alpha value is -1.22. The predicted molar refractivity (Wildman–Crippen MR) is 97.7 cm³/mol. The molecule has 1 fully saturated rings. The van der Waals surface area contributed by atoms with Crippen LogP contribution in [0.2, 0.25) is 0 Å². The van der Waals surface area contributed by atoms with Gasteiger partial charge >= 0.3 is 5.97 Å². The lowest BCUT2D eigenvalue weighted by Crippen LogP contribution is -2.19. The van der Waals surface area contributed by atoms with E-state index in [9.17, 15) is 4.79 Å². The van der Waals surface area contributed by atoms with Gasteiger partial charge in [-0.05, 0) is 37.8 Å². The molecule has 1 aromatic carbocycles. The Morgan fingerprint density at radius 2 is 1.96 bits per heavy atom. The SMILES string of the molecule is CCOC(=O)C(C/C=C/CC1CCCCC1)Sc1ccccc1. The van der Waals surface area contributed by atoms with E-state index in [-0.39, 0.29) is 11.2 Å². The van der Waals surface area contributed by atoms with Gasteiger partial charge in [0.1, 0.15) is 5.25 Å². The second-order valence-corrected chi connectivity index (χ2v) is 7.39. The van der Waals surface area contributed by atoms with Crippen molar-refractivity contribution < 1.29 is 9.53 Å². The molecule has 2 rings (SSSR count). The van der Waals surface area contributed by atoms with Crippen LogP contribution in [0.15, 0.2) is 47.4 Å². The third kappa shape index (κ3) is 6.82. The number of carbonyl (C=O) groups is 1. The average molecular weight is 333 g/mol. The van der Waals surface area contributed by atoms with Crippen molar-refractivity contribution in [1.82, 2.24) is 0 Å². The molecule has 0 saturated heterocycles. The summed E-state index contributed by atoms with van der Waals surface area (Å²) < 4.78 is 5.23. The fourth-order valence-corrected chi connectivity index (χ4v) is 4.04. The fourth-order valence-electron chi connectivity index (χ4n) is 3.02. The third-order valence-electron chi connectivity index (χ3n) is 4.28. The third-order valence-corrected chi connectivity index (χ3v) is 5.50. The number of hydrogen-bond donors (Lipinski definition) is 0. The summed E-state index contributed by atoms with van der Waals surface area (Å²) in [6.07, 6.45) is 13.2. The van der Waals surface area contributed by atoms with E-state index < -0.39 is 0 Å². The van der Waals surface area contributed by atoms with E-state index in [2.05, 4.69) is 12.2 Å². The summed E-state index contributed by atoms with van der Waals surface area (Å²) in [6.45, 7) is 2.30. The first kappa shape index (κ1) is 18.1. The van der Waals surface area contributed by atoms with Crippen molar-refractivity contribution in [3.63, 3.8) is 0 Å². The maximum Gasteiger partial charge on any atom is 0.319 e. The van der Waals surface area contributed by atoms with Crippen LogP contribution in [0.5, 0.6) is 0 Å². The summed E-state index contributed by atoms with van der Waals surface area (Å²) in [4.78, 5) is 13.3. The van der Waals surface area contributed by atoms with Crippen molar-refractivity contribution in [3.05, 3.63) is 42.5 Å². The standard InChI is InChI=1S/C20H28O2S/c1-2-22-20(21)19(23-18-14-7-4-8-15-18)16-10-9-13-17-11-5-3-6-12-17/h4,7-10,14-15,17,19H,2-3,5-6,11-13,16H2,1H3/b10-9+. The van der Waals surface area contributed by atoms with Gasteiger partial charge in [0.25, 0.3) is 0 Å². The van der Waals surface area contributed by atoms with Gasteiger partial charge in [0.2, 0.25) is 0 Å². The van der Waals surface area contributed by atoms with Crippen molar-refractivity contribution >= 4 is 17.7 Å². The van der Waals surface area contributed by atoms with Crippen molar-refractivity contribution in [1.29, 1.82) is 0 Å². The number of esters is 1. The van der Waals surface area contributed by atoms with Gasteiger partial charge in [0, 0.05) is 4.90 Å². The Labute approximate surface area is 144 Å². The minimum Gasteiger partial charge on any atom is -0.465 e. The van der Waals surface area contributed by atoms with E-state index in [1.165, 1.54) is 32.1 Å². The first-order valence-corrected chi connectivity index (χ1v) is 9.71. The molecule has 1 aromatic rings. The molecule has 0 spiro atoms. The molecule has 0 aromatic heterocycles. The van der Waals surface area contributed by atoms with Crippen LogP contribution in [0.1, 0.15) is 51.9 Å². The molecule has 1 saturated carbocycles. The van der Waals surface area contributed by atoms with Crippen LogP contribution in [0.3, 0.4) is 0 Å². The minimum absolute atomic E-state index is 0.108. The Morgan fingerprint density at radius 3 is 2.65 bits per heavy atom. The smallest absolute Gasteiger partial charge is 0.319 e. The Balaban J connectivity index is 1.84. The molecule has 0 amide bonds. The summed E-state index contributed by atoms with van der Waals surface area (Å²) >= 11 is 1.60. The lowest BCUT2D eigenvalue weighted by atomic mass is 9.87. The van der Waals surface area contributed by atoms with Crippen LogP contribution >= 0.6 is 11.8 Å². The minimum atomic E-state index is -0.153. The van der Waals surface area contributed by atoms with Crippen LogP contribution in [0, 0.1) is 5.92 Å². The largest absolute Gasteiger partial charge is 0.465 e. The Morgan fingerprint density at radius 1 is 1.22 bits per heavy atom. The molecule has 0 aliphatic heterocycles. The molecule has 1 unspecified atom stereocenters. The number of benzene rings is 1. The molecule has 0 bridgehead atoms. The summed E-state index contributed by atoms with van der Waals surface area (Å²) in [7, 11) is 0. The fraction of sp³-hybridized carbons (Fsp3) is 0.550. The Bertz CT molecular complexity index is 478. The van der Waals surface area contributed by atoms with Gasteiger partial charge in [-0.15, -0.1) is 11.8 Å². The van der Waals surface area contributed by atoms with Gasteiger partial charge < -0.3 is 4.74 Å². The van der Waals surface area contributed by atoms with Gasteiger partial charge in [0.15, 0.2) is 0 Å². The van der Waals surface area contributed by atoms with Crippen LogP contribution in [0.4, 0.5) is 0 Å². The second-order valence-electron chi connectivity index (χ2n) is 6.12. The van der Waals surface area contributed by atoms with Gasteiger partial charge in [-0.2, -0.15) is 0 Å². The van der Waals surface area contributed by atoms with Gasteiger partial charge in [-0.3, -0.25) is 4.79 Å². The van der Waals surface area contributed by atoms with Gasteiger partial charge in [0.05, 0.1) is 6.61 Å². The van der Waals surface area contributed by atoms with Crippen LogP contribution in [-0.4, -0.2) is 17.8 Å². The monoisotopic (exact) mass is 332 g/mol. The number of hydrogen-bond acceptors (Lipinski definition) is 3. The van der Waals surface area contributed by atoms with Crippen LogP contribution in [0.25, 0.3) is 0 Å². The zero-order valence-electron chi connectivity index (χ0n) is 14.1. The average Bonchev–Trinajstić information content (AvgIpc) is 2.59. The lowest BCUT2D eigenvalue weighted by molar-refractivity contribution is -0.142. The predicted octanol–water partition coefficient (Wildman–Crippen LogP) is 5.63. The van der Waals surface area contributed by atoms with Crippen LogP contribution < -0.4 is 0 Å². The van der Waals surface area contributed by atoms with Gasteiger partial charge in [-0.1, -0.05) is 62.5 Å². The van der Waals surface area contributed by atoms with E-state index in [4.69, 9.17) is 4.74 Å². The molecule has 23 heavy (non-hydrogen) atoms. The van der Waals surface area contributed by atoms with Crippen molar-refractivity contribution in [2.45, 2.75) is 62.0 Å². The second kappa shape index (κ2) is 10.5. The molecule has 0 heterocycles. The first-order valence-electron chi connectivity index (χ1n) is 8.83. The lowest BCUT2D eigenvalue weighted by Gasteiger charge is -2.19. The number of rotatable bonds is 8. The number of carbonyl (C=O) groups excluding carboxylic acids is 1. The molecular weight excluding hydrogens is 304 g/mol. The van der Waals surface area contributed by atoms with E-state index in [0.717, 1.165) is 23.7 Å². The zero-order valence-corrected chi connectivity index (χ0v) is 14.9. The highest BCUT2D eigenvalue weighted by Gasteiger charge is 2.20. The summed E-state index contributed by atoms with van der Waals surface area (Å²) in [5.41, 5.74) is 0. The van der Waals surface area contributed by atoms with Gasteiger partial charge in [-0.25, -0.2) is 0 Å². The number of thioether (sulfide) groups is 1. The molecule has 1 atom stereocenters. The zero-order chi connectivity index (χ0) is 16.3. The number of allylic oxidation sites excluding steroid dienone is 2. The number of ether oxygens (including phenoxy) is 1. The molecule has 1 aliphatic carbocycles. The molecule has 1 aliphatic rings. The highest BCUT2D eigenvalue weighted by Crippen LogP contribution is 2.28. The first-order chi connectivity index (χ1) is 11.3.